The second-order valence-corrected chi connectivity index (χ2v) is 5.52. The predicted octanol–water partition coefficient (Wildman–Crippen LogP) is 2.11. The number of anilines is 1. The summed E-state index contributed by atoms with van der Waals surface area (Å²) in [6.45, 7) is 6.35. The molecule has 0 aliphatic carbocycles. The van der Waals surface area contributed by atoms with Gasteiger partial charge >= 0.3 is 0 Å². The smallest absolute Gasteiger partial charge is 0.128 e. The van der Waals surface area contributed by atoms with Crippen molar-refractivity contribution >= 4 is 17.6 Å². The highest BCUT2D eigenvalue weighted by atomic mass is 32.2. The Bertz CT molecular complexity index is 305. The van der Waals surface area contributed by atoms with E-state index in [0.717, 1.165) is 16.9 Å². The third-order valence-corrected chi connectivity index (χ3v) is 3.44. The quantitative estimate of drug-likeness (QED) is 0.823. The fourth-order valence-electron chi connectivity index (χ4n) is 1.45. The highest BCUT2D eigenvalue weighted by molar-refractivity contribution is 7.99. The minimum absolute atomic E-state index is 0.0221. The number of pyridine rings is 1. The van der Waals surface area contributed by atoms with Crippen LogP contribution in [0.1, 0.15) is 31.0 Å². The third-order valence-electron chi connectivity index (χ3n) is 2.22. The number of nitrogen functional groups attached to an aromatic ring is 1. The lowest BCUT2D eigenvalue weighted by Crippen LogP contribution is -2.18. The molecule has 0 bridgehead atoms. The highest BCUT2D eigenvalue weighted by Gasteiger charge is 2.13. The molecule has 0 saturated carbocycles. The number of nitrogens with two attached hydrogens (primary N) is 2. The van der Waals surface area contributed by atoms with Gasteiger partial charge in [-0.25, -0.2) is 4.98 Å². The van der Waals surface area contributed by atoms with Crippen LogP contribution in [0.4, 0.5) is 5.82 Å². The SMILES string of the molecule is Cc1ccnc(N)c1C(N)CSC(C)C. The number of hydrogen-bond donors (Lipinski definition) is 2. The first-order valence-corrected chi connectivity index (χ1v) is 6.15. The Balaban J connectivity index is 2.77. The number of hydrogen-bond acceptors (Lipinski definition) is 4. The van der Waals surface area contributed by atoms with E-state index in [2.05, 4.69) is 18.8 Å². The van der Waals surface area contributed by atoms with Crippen LogP contribution >= 0.6 is 11.8 Å². The highest BCUT2D eigenvalue weighted by Crippen LogP contribution is 2.24. The van der Waals surface area contributed by atoms with Crippen LogP contribution in [0.5, 0.6) is 0 Å². The average Bonchev–Trinajstić information content (AvgIpc) is 2.14. The van der Waals surface area contributed by atoms with Gasteiger partial charge in [0.05, 0.1) is 0 Å². The Labute approximate surface area is 95.6 Å². The largest absolute Gasteiger partial charge is 0.383 e. The van der Waals surface area contributed by atoms with Gasteiger partial charge in [0.1, 0.15) is 5.82 Å². The second kappa shape index (κ2) is 5.37. The van der Waals surface area contributed by atoms with Crippen molar-refractivity contribution in [2.45, 2.75) is 32.1 Å². The van der Waals surface area contributed by atoms with Crippen molar-refractivity contribution in [3.63, 3.8) is 0 Å². The molecule has 1 aromatic heterocycles. The van der Waals surface area contributed by atoms with Crippen LogP contribution in [0.15, 0.2) is 12.3 Å². The molecule has 1 heterocycles. The van der Waals surface area contributed by atoms with Crippen LogP contribution in [0.2, 0.25) is 0 Å². The molecule has 0 saturated heterocycles. The molecule has 1 aromatic rings. The maximum Gasteiger partial charge on any atom is 0.128 e. The van der Waals surface area contributed by atoms with Crippen LogP contribution in [-0.2, 0) is 0 Å². The van der Waals surface area contributed by atoms with Gasteiger partial charge in [0.2, 0.25) is 0 Å². The second-order valence-electron chi connectivity index (χ2n) is 3.92. The fourth-order valence-corrected chi connectivity index (χ4v) is 2.21. The lowest BCUT2D eigenvalue weighted by molar-refractivity contribution is 0.817. The molecule has 15 heavy (non-hydrogen) atoms. The maximum atomic E-state index is 6.10. The summed E-state index contributed by atoms with van der Waals surface area (Å²) >= 11 is 1.84. The Hall–Kier alpha value is -0.740. The van der Waals surface area contributed by atoms with E-state index in [0.29, 0.717) is 11.1 Å². The summed E-state index contributed by atoms with van der Waals surface area (Å²) in [6.07, 6.45) is 1.72. The number of aromatic nitrogens is 1. The Morgan fingerprint density at radius 3 is 2.67 bits per heavy atom. The summed E-state index contributed by atoms with van der Waals surface area (Å²) in [7, 11) is 0. The van der Waals surface area contributed by atoms with Crippen LogP contribution < -0.4 is 11.5 Å². The average molecular weight is 225 g/mol. The van der Waals surface area contributed by atoms with Crippen LogP contribution in [0.3, 0.4) is 0 Å². The van der Waals surface area contributed by atoms with Crippen molar-refractivity contribution in [2.24, 2.45) is 5.73 Å². The summed E-state index contributed by atoms with van der Waals surface area (Å²) < 4.78 is 0. The molecule has 0 fully saturated rings. The van der Waals surface area contributed by atoms with E-state index >= 15 is 0 Å². The number of nitrogens with zero attached hydrogens (tertiary/aromatic N) is 1. The first-order chi connectivity index (χ1) is 7.02. The van der Waals surface area contributed by atoms with Crippen LogP contribution in [0.25, 0.3) is 0 Å². The number of thioether (sulfide) groups is 1. The van der Waals surface area contributed by atoms with E-state index in [1.807, 2.05) is 24.8 Å². The van der Waals surface area contributed by atoms with Crippen molar-refractivity contribution in [2.75, 3.05) is 11.5 Å². The van der Waals surface area contributed by atoms with Crippen LogP contribution in [-0.4, -0.2) is 16.0 Å². The minimum Gasteiger partial charge on any atom is -0.383 e. The first kappa shape index (κ1) is 12.3. The summed E-state index contributed by atoms with van der Waals surface area (Å²) in [4.78, 5) is 4.08. The number of aryl methyl sites for hydroxylation is 1. The molecule has 1 unspecified atom stereocenters. The normalized spacial score (nSPS) is 13.1. The van der Waals surface area contributed by atoms with E-state index < -0.39 is 0 Å². The molecule has 3 nitrogen and oxygen atoms in total. The van der Waals surface area contributed by atoms with Gasteiger partial charge in [-0.3, -0.25) is 0 Å². The lowest BCUT2D eigenvalue weighted by atomic mass is 10.1. The van der Waals surface area contributed by atoms with Crippen molar-refractivity contribution in [3.05, 3.63) is 23.4 Å². The Morgan fingerprint density at radius 1 is 1.47 bits per heavy atom. The fraction of sp³-hybridized carbons (Fsp3) is 0.545. The van der Waals surface area contributed by atoms with Crippen molar-refractivity contribution in [1.29, 1.82) is 0 Å². The molecule has 0 aromatic carbocycles. The molecule has 4 N–H and O–H groups in total. The summed E-state index contributed by atoms with van der Waals surface area (Å²) in [6, 6.07) is 1.93. The van der Waals surface area contributed by atoms with E-state index in [-0.39, 0.29) is 6.04 Å². The molecular formula is C11H19N3S. The Morgan fingerprint density at radius 2 is 2.13 bits per heavy atom. The summed E-state index contributed by atoms with van der Waals surface area (Å²) in [5.74, 6) is 1.45. The molecule has 84 valence electrons. The lowest BCUT2D eigenvalue weighted by Gasteiger charge is -2.16. The molecular weight excluding hydrogens is 206 g/mol. The zero-order valence-electron chi connectivity index (χ0n) is 9.53. The van der Waals surface area contributed by atoms with E-state index in [9.17, 15) is 0 Å². The Kier molecular flexibility index (Phi) is 4.42. The zero-order valence-corrected chi connectivity index (χ0v) is 10.3. The monoisotopic (exact) mass is 225 g/mol. The van der Waals surface area contributed by atoms with Crippen molar-refractivity contribution in [3.8, 4) is 0 Å². The predicted molar refractivity (Wildman–Crippen MR) is 67.9 cm³/mol. The van der Waals surface area contributed by atoms with Crippen LogP contribution in [0, 0.1) is 6.92 Å². The van der Waals surface area contributed by atoms with Gasteiger partial charge in [-0.1, -0.05) is 13.8 Å². The molecule has 0 amide bonds. The van der Waals surface area contributed by atoms with Gasteiger partial charge in [0.25, 0.3) is 0 Å². The molecule has 1 rings (SSSR count). The molecule has 1 atom stereocenters. The van der Waals surface area contributed by atoms with E-state index in [4.69, 9.17) is 11.5 Å². The first-order valence-electron chi connectivity index (χ1n) is 5.10. The van der Waals surface area contributed by atoms with Gasteiger partial charge in [-0.05, 0) is 23.8 Å². The molecule has 0 spiro atoms. The zero-order chi connectivity index (χ0) is 11.4. The number of rotatable bonds is 4. The summed E-state index contributed by atoms with van der Waals surface area (Å²) in [5, 5.41) is 0.592. The van der Waals surface area contributed by atoms with E-state index in [1.165, 1.54) is 0 Å². The van der Waals surface area contributed by atoms with Gasteiger partial charge in [-0.2, -0.15) is 11.8 Å². The van der Waals surface area contributed by atoms with Gasteiger partial charge in [0.15, 0.2) is 0 Å². The van der Waals surface area contributed by atoms with Crippen molar-refractivity contribution < 1.29 is 0 Å². The van der Waals surface area contributed by atoms with Gasteiger partial charge in [0, 0.05) is 23.6 Å². The maximum absolute atomic E-state index is 6.10. The summed E-state index contributed by atoms with van der Waals surface area (Å²) in [5.41, 5.74) is 14.0. The minimum atomic E-state index is -0.0221. The van der Waals surface area contributed by atoms with E-state index in [1.54, 1.807) is 6.20 Å². The molecule has 4 heteroatoms. The topological polar surface area (TPSA) is 64.9 Å². The van der Waals surface area contributed by atoms with Crippen molar-refractivity contribution in [1.82, 2.24) is 4.98 Å². The van der Waals surface area contributed by atoms with Gasteiger partial charge < -0.3 is 11.5 Å². The van der Waals surface area contributed by atoms with Gasteiger partial charge in [-0.15, -0.1) is 0 Å². The molecule has 0 aliphatic rings. The molecule has 0 radical (unpaired) electrons. The third kappa shape index (κ3) is 3.39. The standard InChI is InChI=1S/C11H19N3S/c1-7(2)15-6-9(12)10-8(3)4-5-14-11(10)13/h4-5,7,9H,6,12H2,1-3H3,(H2,13,14). The molecule has 0 aliphatic heterocycles.